The van der Waals surface area contributed by atoms with E-state index in [9.17, 15) is 9.00 Å². The first-order valence-corrected chi connectivity index (χ1v) is 3.70. The molecule has 2 unspecified atom stereocenters. The number of carbonyl (C=O) groups is 1. The van der Waals surface area contributed by atoms with Crippen LogP contribution < -0.4 is 0 Å². The zero-order chi connectivity index (χ0) is 8.85. The molecule has 0 aliphatic heterocycles. The molecule has 0 rings (SSSR count). The van der Waals surface area contributed by atoms with Crippen molar-refractivity contribution < 1.29 is 22.5 Å². The molecule has 0 spiro atoms. The van der Waals surface area contributed by atoms with Crippen LogP contribution in [-0.4, -0.2) is 21.0 Å². The third kappa shape index (κ3) is 5.71. The van der Waals surface area contributed by atoms with Crippen molar-refractivity contribution in [3.05, 3.63) is 12.7 Å². The fourth-order valence-electron chi connectivity index (χ4n) is 0.347. The number of hydrogen-bond acceptors (Lipinski definition) is 4. The lowest BCUT2D eigenvalue weighted by molar-refractivity contribution is -0.154. The Balaban J connectivity index is 3.68. The van der Waals surface area contributed by atoms with Crippen molar-refractivity contribution >= 4 is 17.3 Å². The molecule has 11 heavy (non-hydrogen) atoms. The first-order valence-electron chi connectivity index (χ1n) is 2.67. The molecule has 0 saturated heterocycles. The molecule has 0 aliphatic carbocycles. The van der Waals surface area contributed by atoms with Crippen LogP contribution in [0.15, 0.2) is 12.7 Å². The zero-order valence-electron chi connectivity index (χ0n) is 5.85. The topological polar surface area (TPSA) is 72.8 Å². The third-order valence-electron chi connectivity index (χ3n) is 0.667. The van der Waals surface area contributed by atoms with Crippen LogP contribution in [-0.2, 0) is 25.1 Å². The summed E-state index contributed by atoms with van der Waals surface area (Å²) in [5.41, 5.74) is 0. The number of carbonyl (C=O) groups excluding carboxylic acids is 1. The Bertz CT molecular complexity index is 178. The Morgan fingerprint density at radius 3 is 2.73 bits per heavy atom. The Labute approximate surface area is 66.5 Å². The van der Waals surface area contributed by atoms with Crippen molar-refractivity contribution in [3.8, 4) is 0 Å². The second kappa shape index (κ2) is 5.00. The molecule has 2 atom stereocenters. The minimum absolute atomic E-state index is 0.706. The minimum atomic E-state index is -2.43. The molecule has 0 saturated carbocycles. The van der Waals surface area contributed by atoms with Gasteiger partial charge < -0.3 is 4.74 Å². The van der Waals surface area contributed by atoms with Crippen LogP contribution in [0.2, 0.25) is 0 Å². The summed E-state index contributed by atoms with van der Waals surface area (Å²) < 4.78 is 26.6. The summed E-state index contributed by atoms with van der Waals surface area (Å²) >= 11 is -2.43. The zero-order valence-corrected chi connectivity index (χ0v) is 6.67. The van der Waals surface area contributed by atoms with Crippen molar-refractivity contribution in [1.82, 2.24) is 0 Å². The van der Waals surface area contributed by atoms with Crippen molar-refractivity contribution in [1.29, 1.82) is 0 Å². The molecule has 0 aromatic rings. The van der Waals surface area contributed by atoms with Crippen LogP contribution in [0.25, 0.3) is 0 Å². The summed E-state index contributed by atoms with van der Waals surface area (Å²) in [4.78, 5) is 10.4. The molecule has 1 N–H and O–H groups in total. The van der Waals surface area contributed by atoms with E-state index in [0.29, 0.717) is 0 Å². The SMILES string of the molecule is C=CC(=O)OC(C)OS(=O)O. The Morgan fingerprint density at radius 2 is 2.36 bits per heavy atom. The summed E-state index contributed by atoms with van der Waals surface area (Å²) in [6.45, 7) is 4.44. The highest BCUT2D eigenvalue weighted by atomic mass is 32.2. The van der Waals surface area contributed by atoms with Crippen LogP contribution >= 0.6 is 0 Å². The molecule has 0 radical (unpaired) electrons. The summed E-state index contributed by atoms with van der Waals surface area (Å²) in [6.07, 6.45) is -0.119. The van der Waals surface area contributed by atoms with E-state index in [1.807, 2.05) is 0 Å². The molecule has 0 fully saturated rings. The normalized spacial score (nSPS) is 15.1. The highest BCUT2D eigenvalue weighted by Gasteiger charge is 2.08. The van der Waals surface area contributed by atoms with Gasteiger partial charge in [-0.15, -0.1) is 0 Å². The predicted molar refractivity (Wildman–Crippen MR) is 37.6 cm³/mol. The molecule has 5 nitrogen and oxygen atoms in total. The van der Waals surface area contributed by atoms with Gasteiger partial charge in [-0.3, -0.25) is 4.55 Å². The highest BCUT2D eigenvalue weighted by Crippen LogP contribution is 1.95. The van der Waals surface area contributed by atoms with Gasteiger partial charge in [0.05, 0.1) is 0 Å². The fraction of sp³-hybridized carbons (Fsp3) is 0.400. The van der Waals surface area contributed by atoms with Gasteiger partial charge in [0.15, 0.2) is 0 Å². The van der Waals surface area contributed by atoms with Crippen molar-refractivity contribution in [2.75, 3.05) is 0 Å². The van der Waals surface area contributed by atoms with Crippen LogP contribution in [0.4, 0.5) is 0 Å². The van der Waals surface area contributed by atoms with Gasteiger partial charge in [-0.2, -0.15) is 4.21 Å². The van der Waals surface area contributed by atoms with Crippen LogP contribution in [0.3, 0.4) is 0 Å². The van der Waals surface area contributed by atoms with E-state index >= 15 is 0 Å². The Morgan fingerprint density at radius 1 is 1.82 bits per heavy atom. The first kappa shape index (κ1) is 10.3. The molecule has 64 valence electrons. The summed E-state index contributed by atoms with van der Waals surface area (Å²) in [6, 6.07) is 0. The van der Waals surface area contributed by atoms with Crippen molar-refractivity contribution in [3.63, 3.8) is 0 Å². The molecule has 0 aromatic carbocycles. The van der Waals surface area contributed by atoms with Crippen LogP contribution in [0.1, 0.15) is 6.92 Å². The second-order valence-corrected chi connectivity index (χ2v) is 2.15. The van der Waals surface area contributed by atoms with Gasteiger partial charge in [-0.05, 0) is 6.92 Å². The monoisotopic (exact) mass is 180 g/mol. The van der Waals surface area contributed by atoms with E-state index < -0.39 is 23.6 Å². The Kier molecular flexibility index (Phi) is 4.67. The summed E-state index contributed by atoms with van der Waals surface area (Å²) in [7, 11) is 0. The number of rotatable bonds is 4. The van der Waals surface area contributed by atoms with E-state index in [1.165, 1.54) is 6.92 Å². The quantitative estimate of drug-likeness (QED) is 0.290. The van der Waals surface area contributed by atoms with E-state index in [-0.39, 0.29) is 0 Å². The van der Waals surface area contributed by atoms with Gasteiger partial charge in [0, 0.05) is 6.08 Å². The van der Waals surface area contributed by atoms with E-state index in [1.54, 1.807) is 0 Å². The molecule has 0 aliphatic rings. The fourth-order valence-corrected chi connectivity index (χ4v) is 0.618. The lowest BCUT2D eigenvalue weighted by Gasteiger charge is -2.07. The second-order valence-electron chi connectivity index (χ2n) is 1.52. The van der Waals surface area contributed by atoms with Gasteiger partial charge in [0.2, 0.25) is 6.29 Å². The molecule has 6 heteroatoms. The molecule has 0 heterocycles. The van der Waals surface area contributed by atoms with Gasteiger partial charge in [0.25, 0.3) is 0 Å². The van der Waals surface area contributed by atoms with Crippen molar-refractivity contribution in [2.45, 2.75) is 13.2 Å². The van der Waals surface area contributed by atoms with Gasteiger partial charge in [0.1, 0.15) is 0 Å². The largest absolute Gasteiger partial charge is 0.432 e. The maximum atomic E-state index is 10.4. The lowest BCUT2D eigenvalue weighted by atomic mass is 10.6. The summed E-state index contributed by atoms with van der Waals surface area (Å²) in [5.74, 6) is -0.706. The highest BCUT2D eigenvalue weighted by molar-refractivity contribution is 7.74. The maximum Gasteiger partial charge on any atom is 0.332 e. The Hall–Kier alpha value is -0.720. The molecular weight excluding hydrogens is 172 g/mol. The van der Waals surface area contributed by atoms with Gasteiger partial charge in [-0.25, -0.2) is 8.98 Å². The van der Waals surface area contributed by atoms with Gasteiger partial charge >= 0.3 is 17.3 Å². The van der Waals surface area contributed by atoms with E-state index in [0.717, 1.165) is 6.08 Å². The summed E-state index contributed by atoms with van der Waals surface area (Å²) in [5, 5.41) is 0. The third-order valence-corrected chi connectivity index (χ3v) is 1.10. The lowest BCUT2D eigenvalue weighted by Crippen LogP contribution is -2.17. The van der Waals surface area contributed by atoms with Crippen LogP contribution in [0.5, 0.6) is 0 Å². The number of ether oxygens (including phenoxy) is 1. The smallest absolute Gasteiger partial charge is 0.332 e. The standard InChI is InChI=1S/C5H8O5S/c1-3-5(6)9-4(2)10-11(7)8/h3-4H,1H2,2H3,(H,7,8). The van der Waals surface area contributed by atoms with E-state index in [4.69, 9.17) is 4.55 Å². The molecule has 0 bridgehead atoms. The number of esters is 1. The van der Waals surface area contributed by atoms with Crippen LogP contribution in [0, 0.1) is 0 Å². The average Bonchev–Trinajstić information content (AvgIpc) is 1.85. The van der Waals surface area contributed by atoms with E-state index in [2.05, 4.69) is 15.5 Å². The average molecular weight is 180 g/mol. The molecular formula is C5H8O5S. The molecule has 0 aromatic heterocycles. The minimum Gasteiger partial charge on any atom is -0.432 e. The van der Waals surface area contributed by atoms with Crippen molar-refractivity contribution in [2.24, 2.45) is 0 Å². The predicted octanol–water partition coefficient (Wildman–Crippen LogP) is 0.215. The number of hydrogen-bond donors (Lipinski definition) is 1. The van der Waals surface area contributed by atoms with Gasteiger partial charge in [-0.1, -0.05) is 6.58 Å². The first-order chi connectivity index (χ1) is 5.06. The maximum absolute atomic E-state index is 10.4. The molecule has 0 amide bonds.